The number of halogens is 1. The van der Waals surface area contributed by atoms with Crippen LogP contribution >= 0.6 is 20.2 Å². The van der Waals surface area contributed by atoms with Crippen molar-refractivity contribution >= 4 is 51.9 Å². The molecule has 5 aromatic rings. The van der Waals surface area contributed by atoms with E-state index in [1.807, 2.05) is 48.5 Å². The van der Waals surface area contributed by atoms with Crippen LogP contribution in [0, 0.1) is 7.14 Å². The van der Waals surface area contributed by atoms with Gasteiger partial charge in [0, 0.05) is 0 Å². The quantitative estimate of drug-likeness (QED) is 0.126. The first kappa shape index (κ1) is 27.0. The van der Waals surface area contributed by atoms with Crippen molar-refractivity contribution in [3.63, 3.8) is 0 Å². The van der Waals surface area contributed by atoms with Crippen LogP contribution in [0.5, 0.6) is 23.0 Å². The topological polar surface area (TPSA) is 80.3 Å². The van der Waals surface area contributed by atoms with E-state index in [1.165, 1.54) is 0 Å². The number of rotatable bonds is 9. The van der Waals surface area contributed by atoms with E-state index >= 15 is 0 Å². The summed E-state index contributed by atoms with van der Waals surface area (Å²) in [5.74, 6) is 2.57. The number of hydrogen-bond donors (Lipinski definition) is 0. The first-order valence-corrected chi connectivity index (χ1v) is 16.3. The molecule has 0 amide bonds. The molecule has 0 saturated heterocycles. The Bertz CT molecular complexity index is 1690. The maximum atomic E-state index is 13.8. The molecule has 0 fully saturated rings. The molecule has 0 atom stereocenters. The van der Waals surface area contributed by atoms with Crippen molar-refractivity contribution in [2.75, 3.05) is 28.4 Å². The molecule has 39 heavy (non-hydrogen) atoms. The molecule has 0 unspecified atom stereocenters. The normalized spacial score (nSPS) is 11.8. The third-order valence-electron chi connectivity index (χ3n) is 6.23. The van der Waals surface area contributed by atoms with Crippen LogP contribution < -0.4 is 18.9 Å². The van der Waals surface area contributed by atoms with Gasteiger partial charge in [0.25, 0.3) is 0 Å². The predicted molar refractivity (Wildman–Crippen MR) is 160 cm³/mol. The van der Waals surface area contributed by atoms with E-state index in [0.29, 0.717) is 28.4 Å². The van der Waals surface area contributed by atoms with E-state index in [9.17, 15) is 8.42 Å². The Balaban J connectivity index is 1.62. The van der Waals surface area contributed by atoms with Crippen molar-refractivity contribution in [1.29, 1.82) is 0 Å². The molecule has 5 rings (SSSR count). The van der Waals surface area contributed by atoms with Crippen molar-refractivity contribution in [1.82, 2.24) is 0 Å². The molecule has 0 saturated carbocycles. The van der Waals surface area contributed by atoms with Crippen molar-refractivity contribution in [3.8, 4) is 23.0 Å². The van der Waals surface area contributed by atoms with Crippen LogP contribution in [0.25, 0.3) is 21.5 Å². The summed E-state index contributed by atoms with van der Waals surface area (Å²) in [7, 11) is 2.18. The maximum absolute atomic E-state index is 13.8. The molecule has 202 valence electrons. The average molecular weight is 659 g/mol. The number of fused-ring (bicyclic) bond motifs is 2. The second-order valence-corrected chi connectivity index (χ2v) is 14.9. The van der Waals surface area contributed by atoms with Gasteiger partial charge in [-0.3, -0.25) is 0 Å². The fraction of sp³-hybridized carbons (Fsp3) is 0.133. The third kappa shape index (κ3) is 5.21. The molecule has 0 bridgehead atoms. The molecule has 0 spiro atoms. The summed E-state index contributed by atoms with van der Waals surface area (Å²) in [5.41, 5.74) is 0. The zero-order chi connectivity index (χ0) is 27.6. The second-order valence-electron chi connectivity index (χ2n) is 8.40. The van der Waals surface area contributed by atoms with Gasteiger partial charge in [0.1, 0.15) is 0 Å². The van der Waals surface area contributed by atoms with Gasteiger partial charge >= 0.3 is 236 Å². The van der Waals surface area contributed by atoms with Crippen molar-refractivity contribution in [2.24, 2.45) is 0 Å². The van der Waals surface area contributed by atoms with Gasteiger partial charge in [-0.1, -0.05) is 0 Å². The first-order valence-electron chi connectivity index (χ1n) is 11.9. The Morgan fingerprint density at radius 3 is 1.46 bits per heavy atom. The molecule has 0 aliphatic carbocycles. The van der Waals surface area contributed by atoms with E-state index in [-0.39, 0.29) is 4.90 Å². The Morgan fingerprint density at radius 2 is 1.00 bits per heavy atom. The minimum absolute atomic E-state index is 0.0370. The average Bonchev–Trinajstić information content (AvgIpc) is 2.98. The molecule has 0 aliphatic heterocycles. The summed E-state index contributed by atoms with van der Waals surface area (Å²) in [6.45, 7) is 0. The molecule has 0 aliphatic rings. The van der Waals surface area contributed by atoms with Gasteiger partial charge < -0.3 is 0 Å². The summed E-state index contributed by atoms with van der Waals surface area (Å²) in [6.07, 6.45) is 0. The van der Waals surface area contributed by atoms with Gasteiger partial charge in [-0.15, -0.1) is 0 Å². The van der Waals surface area contributed by atoms with Crippen molar-refractivity contribution < 1.29 is 29.9 Å². The van der Waals surface area contributed by atoms with Crippen molar-refractivity contribution in [3.05, 3.63) is 98.1 Å². The van der Waals surface area contributed by atoms with E-state index in [2.05, 4.69) is 0 Å². The van der Waals surface area contributed by atoms with Crippen LogP contribution in [0.3, 0.4) is 0 Å². The van der Waals surface area contributed by atoms with Gasteiger partial charge in [0.2, 0.25) is 0 Å². The first-order chi connectivity index (χ1) is 18.9. The summed E-state index contributed by atoms with van der Waals surface area (Å²) < 4.78 is 57.4. The van der Waals surface area contributed by atoms with Gasteiger partial charge in [-0.2, -0.15) is 0 Å². The molecule has 0 N–H and O–H groups in total. The van der Waals surface area contributed by atoms with Crippen molar-refractivity contribution in [2.45, 2.75) is 4.90 Å². The van der Waals surface area contributed by atoms with Crippen LogP contribution in [-0.2, 0) is 12.6 Å². The predicted octanol–water partition coefficient (Wildman–Crippen LogP) is 6.89. The third-order valence-corrected chi connectivity index (χ3v) is 13.6. The number of methoxy groups -OCH3 is 4. The summed E-state index contributed by atoms with van der Waals surface area (Å²) >= 11 is -2.93. The molecule has 7 nitrogen and oxygen atoms in total. The van der Waals surface area contributed by atoms with E-state index in [0.717, 1.165) is 23.3 Å². The standard InChI is InChI=1S/C30H27IO7S/c1-34-22-13-9-20(10-14-22)31(21-11-15-23(35-2)16-12-21)38-39(32,33)24-17-18-27-28(19-24)30(37-4)26-8-6-5-7-25(26)29(27)36-3/h5-19H,1-4H3. The van der Waals surface area contributed by atoms with Gasteiger partial charge in [-0.05, 0) is 0 Å². The zero-order valence-corrected chi connectivity index (χ0v) is 24.8. The van der Waals surface area contributed by atoms with E-state index < -0.39 is 30.4 Å². The van der Waals surface area contributed by atoms with Crippen LogP contribution in [0.15, 0.2) is 95.9 Å². The minimum atomic E-state index is -4.17. The molecular formula is C30H27IO7S. The van der Waals surface area contributed by atoms with E-state index in [4.69, 9.17) is 21.5 Å². The van der Waals surface area contributed by atoms with Crippen LogP contribution in [0.4, 0.5) is 0 Å². The molecule has 5 aromatic carbocycles. The van der Waals surface area contributed by atoms with Gasteiger partial charge in [-0.25, -0.2) is 0 Å². The zero-order valence-electron chi connectivity index (χ0n) is 21.8. The van der Waals surface area contributed by atoms with Crippen LogP contribution in [-0.4, -0.2) is 36.9 Å². The Hall–Kier alpha value is -3.54. The SMILES string of the molecule is COc1ccc(I(OS(=O)(=O)c2ccc3c(OC)c4ccccc4c(OC)c3c2)c2ccc(OC)cc2)cc1. The number of hydrogen-bond acceptors (Lipinski definition) is 7. The van der Waals surface area contributed by atoms with Crippen LogP contribution in [0.1, 0.15) is 0 Å². The summed E-state index contributed by atoms with van der Waals surface area (Å²) in [6, 6.07) is 27.2. The Kier molecular flexibility index (Phi) is 7.83. The fourth-order valence-electron chi connectivity index (χ4n) is 4.36. The molecule has 0 radical (unpaired) electrons. The van der Waals surface area contributed by atoms with Crippen LogP contribution in [0.2, 0.25) is 0 Å². The van der Waals surface area contributed by atoms with E-state index in [1.54, 1.807) is 70.9 Å². The van der Waals surface area contributed by atoms with Gasteiger partial charge in [0.15, 0.2) is 0 Å². The molecule has 0 aromatic heterocycles. The number of ether oxygens (including phenoxy) is 4. The number of benzene rings is 5. The Morgan fingerprint density at radius 1 is 0.538 bits per heavy atom. The molecule has 9 heteroatoms. The molecular weight excluding hydrogens is 631 g/mol. The fourth-order valence-corrected chi connectivity index (χ4v) is 11.3. The monoisotopic (exact) mass is 658 g/mol. The Labute approximate surface area is 235 Å². The summed E-state index contributed by atoms with van der Waals surface area (Å²) in [4.78, 5) is 0.0370. The molecule has 0 heterocycles. The second kappa shape index (κ2) is 11.3. The van der Waals surface area contributed by atoms with Gasteiger partial charge in [0.05, 0.1) is 0 Å². The summed E-state index contributed by atoms with van der Waals surface area (Å²) in [5, 5.41) is 3.06.